The summed E-state index contributed by atoms with van der Waals surface area (Å²) in [5, 5.41) is 38.6. The molecule has 21 rings (SSSR count). The topological polar surface area (TPSA) is 130 Å². The first-order chi connectivity index (χ1) is 67.3. The Kier molecular flexibility index (Phi) is 25.9. The molecule has 21 aromatic carbocycles. The standard InChI is InChI=1S/C42H31N3.2C41H31N3O2/c1-44(37-23-17-31(30-43)18-24-37)38-25-19-33(20-26-38)34-21-27-39(28-22-34)45(42-16-8-12-35-11-5-6-15-41(35)42)40-14-7-13-36(29-40)32-9-3-2-4-10-32;1-42(37-15-9-17-39(29-37)44(45)46)35-24-20-31(21-25-35)32-22-26-36(27-23-32)43(41-19-8-13-33-12-5-6-18-40(33)41)38-16-7-14-34(28-38)30-10-3-2-4-11-30;1-42(36-25-27-38(28-26-36)44(45)46)35-21-17-31(18-22-35)32-19-23-37(24-20-32)43(41-16-8-12-33-11-5-6-15-40(33)41)39-14-7-13-34(29-39)30-9-3-2-4-10-30/h2-29H,1H3;2*2-29H,1H3. The molecule has 0 heterocycles. The third-order valence-corrected chi connectivity index (χ3v) is 25.1. The molecule has 0 amide bonds. The second-order valence-electron chi connectivity index (χ2n) is 33.4. The van der Waals surface area contributed by atoms with Crippen molar-refractivity contribution < 1.29 is 9.85 Å². The maximum Gasteiger partial charge on any atom is 0.271 e. The van der Waals surface area contributed by atoms with Gasteiger partial charge < -0.3 is 29.4 Å². The van der Waals surface area contributed by atoms with Crippen LogP contribution in [-0.4, -0.2) is 31.0 Å². The number of nitro groups is 2. The second-order valence-corrected chi connectivity index (χ2v) is 33.4. The molecule has 13 nitrogen and oxygen atoms in total. The van der Waals surface area contributed by atoms with Crippen LogP contribution in [0.1, 0.15) is 5.56 Å². The summed E-state index contributed by atoms with van der Waals surface area (Å²) >= 11 is 0. The zero-order chi connectivity index (χ0) is 93.5. The summed E-state index contributed by atoms with van der Waals surface area (Å²) in [5.41, 5.74) is 30.2. The molecule has 0 aliphatic carbocycles. The molecular formula is C124H93N9O4. The predicted molar refractivity (Wildman–Crippen MR) is 570 cm³/mol. The van der Waals surface area contributed by atoms with Gasteiger partial charge in [-0.2, -0.15) is 5.26 Å². The molecule has 137 heavy (non-hydrogen) atoms. The van der Waals surface area contributed by atoms with Crippen molar-refractivity contribution in [1.82, 2.24) is 0 Å². The van der Waals surface area contributed by atoms with Gasteiger partial charge in [-0.05, 0) is 253 Å². The summed E-state index contributed by atoms with van der Waals surface area (Å²) in [6.07, 6.45) is 0. The van der Waals surface area contributed by atoms with E-state index in [-0.39, 0.29) is 21.2 Å². The molecule has 0 aliphatic rings. The lowest BCUT2D eigenvalue weighted by atomic mass is 10.0. The molecule has 0 atom stereocenters. The number of hydrogen-bond donors (Lipinski definition) is 0. The highest BCUT2D eigenvalue weighted by molar-refractivity contribution is 6.03. The summed E-state index contributed by atoms with van der Waals surface area (Å²) in [7, 11) is 5.91. The molecule has 0 bridgehead atoms. The molecule has 0 fully saturated rings. The normalized spacial score (nSPS) is 10.8. The zero-order valence-corrected chi connectivity index (χ0v) is 75.7. The van der Waals surface area contributed by atoms with Crippen molar-refractivity contribution in [2.75, 3.05) is 50.5 Å². The molecule has 13 heteroatoms. The maximum atomic E-state index is 11.3. The Morgan fingerprint density at radius 2 is 0.423 bits per heavy atom. The fourth-order valence-corrected chi connectivity index (χ4v) is 17.7. The molecule has 0 N–H and O–H groups in total. The van der Waals surface area contributed by atoms with Gasteiger partial charge in [0.1, 0.15) is 0 Å². The monoisotopic (exact) mass is 1770 g/mol. The van der Waals surface area contributed by atoms with Crippen molar-refractivity contribution in [2.45, 2.75) is 0 Å². The zero-order valence-electron chi connectivity index (χ0n) is 75.7. The first-order valence-electron chi connectivity index (χ1n) is 45.4. The molecule has 0 radical (unpaired) electrons. The smallest absolute Gasteiger partial charge is 0.271 e. The highest BCUT2D eigenvalue weighted by Gasteiger charge is 2.23. The van der Waals surface area contributed by atoms with Gasteiger partial charge in [0, 0.05) is 130 Å². The van der Waals surface area contributed by atoms with Crippen LogP contribution in [0.3, 0.4) is 0 Å². The van der Waals surface area contributed by atoms with E-state index in [0.717, 1.165) is 124 Å². The average Bonchev–Trinajstić information content (AvgIpc) is 0.778. The number of nitrogens with zero attached hydrogens (tertiary/aromatic N) is 9. The van der Waals surface area contributed by atoms with Crippen molar-refractivity contribution in [2.24, 2.45) is 0 Å². The van der Waals surface area contributed by atoms with Gasteiger partial charge in [-0.1, -0.05) is 315 Å². The summed E-state index contributed by atoms with van der Waals surface area (Å²) < 4.78 is 0. The van der Waals surface area contributed by atoms with Gasteiger partial charge in [0.05, 0.1) is 38.5 Å². The maximum absolute atomic E-state index is 11.3. The van der Waals surface area contributed by atoms with Gasteiger partial charge in [0.2, 0.25) is 0 Å². The third-order valence-electron chi connectivity index (χ3n) is 25.1. The molecule has 0 saturated heterocycles. The van der Waals surface area contributed by atoms with Crippen molar-refractivity contribution in [3.8, 4) is 72.8 Å². The number of nitro benzene ring substituents is 2. The number of hydrogen-bond acceptors (Lipinski definition) is 11. The lowest BCUT2D eigenvalue weighted by molar-refractivity contribution is -0.385. The highest BCUT2D eigenvalue weighted by atomic mass is 16.6. The summed E-state index contributed by atoms with van der Waals surface area (Å²) in [5.74, 6) is 0. The Labute approximate surface area is 797 Å². The van der Waals surface area contributed by atoms with Crippen LogP contribution in [0.5, 0.6) is 0 Å². The fourth-order valence-electron chi connectivity index (χ4n) is 17.7. The van der Waals surface area contributed by atoms with Gasteiger partial charge in [0.25, 0.3) is 11.4 Å². The van der Waals surface area contributed by atoms with E-state index in [4.69, 9.17) is 5.26 Å². The molecule has 0 spiro atoms. The van der Waals surface area contributed by atoms with Crippen LogP contribution in [0.15, 0.2) is 510 Å². The quantitative estimate of drug-likeness (QED) is 0.0448. The van der Waals surface area contributed by atoms with Gasteiger partial charge in [-0.25, -0.2) is 0 Å². The molecule has 0 aromatic heterocycles. The second kappa shape index (κ2) is 40.5. The molecule has 0 aliphatic heterocycles. The summed E-state index contributed by atoms with van der Waals surface area (Å²) in [4.78, 5) is 34.6. The molecule has 658 valence electrons. The van der Waals surface area contributed by atoms with Crippen LogP contribution in [0.4, 0.5) is 96.7 Å². The van der Waals surface area contributed by atoms with Crippen molar-refractivity contribution >= 4 is 129 Å². The van der Waals surface area contributed by atoms with E-state index in [9.17, 15) is 20.2 Å². The fraction of sp³-hybridized carbons (Fsp3) is 0.0242. The Bertz CT molecular complexity index is 7850. The van der Waals surface area contributed by atoms with E-state index in [1.807, 2.05) is 85.5 Å². The Morgan fingerprint density at radius 3 is 0.723 bits per heavy atom. The van der Waals surface area contributed by atoms with Gasteiger partial charge in [-0.15, -0.1) is 0 Å². The minimum absolute atomic E-state index is 0.0744. The number of nitriles is 1. The van der Waals surface area contributed by atoms with E-state index >= 15 is 0 Å². The average molecular weight is 1770 g/mol. The van der Waals surface area contributed by atoms with Crippen LogP contribution >= 0.6 is 0 Å². The van der Waals surface area contributed by atoms with Crippen LogP contribution in [0.25, 0.3) is 99.1 Å². The summed E-state index contributed by atoms with van der Waals surface area (Å²) in [6, 6.07) is 177. The van der Waals surface area contributed by atoms with Crippen molar-refractivity contribution in [3.63, 3.8) is 0 Å². The van der Waals surface area contributed by atoms with Crippen LogP contribution in [-0.2, 0) is 0 Å². The molecular weight excluding hydrogens is 1680 g/mol. The van der Waals surface area contributed by atoms with Crippen LogP contribution in [0.2, 0.25) is 0 Å². The number of rotatable bonds is 23. The van der Waals surface area contributed by atoms with E-state index in [1.165, 1.54) is 78.3 Å². The van der Waals surface area contributed by atoms with Crippen LogP contribution < -0.4 is 29.4 Å². The SMILES string of the molecule is CN(c1ccc(-c2ccc(N(c3cccc(-c4ccccc4)c3)c3cccc4ccccc34)cc2)cc1)c1ccc([N+](=O)[O-])cc1.CN(c1ccc(-c2ccc(N(c3cccc(-c4ccccc4)c3)c3cccc4ccccc34)cc2)cc1)c1cccc([N+](=O)[O-])c1.CN(c1ccc(C#N)cc1)c1ccc(-c2ccc(N(c3cccc(-c4ccccc4)c3)c3cccc4ccccc34)cc2)cc1. The van der Waals surface area contributed by atoms with Gasteiger partial charge in [-0.3, -0.25) is 20.2 Å². The Morgan fingerprint density at radius 1 is 0.197 bits per heavy atom. The number of anilines is 15. The minimum Gasteiger partial charge on any atom is -0.345 e. The first-order valence-corrected chi connectivity index (χ1v) is 45.4. The van der Waals surface area contributed by atoms with Crippen molar-refractivity contribution in [1.29, 1.82) is 5.26 Å². The number of fused-ring (bicyclic) bond motifs is 3. The third kappa shape index (κ3) is 19.6. The largest absolute Gasteiger partial charge is 0.345 e. The molecule has 21 aromatic rings. The van der Waals surface area contributed by atoms with Gasteiger partial charge in [0.15, 0.2) is 0 Å². The lowest BCUT2D eigenvalue weighted by Gasteiger charge is -2.27. The lowest BCUT2D eigenvalue weighted by Crippen LogP contribution is -2.10. The number of benzene rings is 21. The van der Waals surface area contributed by atoms with E-state index in [2.05, 4.69) is 438 Å². The van der Waals surface area contributed by atoms with E-state index < -0.39 is 0 Å². The minimum atomic E-state index is -0.382. The molecule has 0 saturated carbocycles. The van der Waals surface area contributed by atoms with E-state index in [1.54, 1.807) is 24.3 Å². The Balaban J connectivity index is 0.000000132. The van der Waals surface area contributed by atoms with Gasteiger partial charge >= 0.3 is 0 Å². The number of non-ortho nitro benzene ring substituents is 2. The van der Waals surface area contributed by atoms with Crippen LogP contribution in [0, 0.1) is 31.6 Å². The molecule has 0 unspecified atom stereocenters. The van der Waals surface area contributed by atoms with Crippen molar-refractivity contribution in [3.05, 3.63) is 535 Å². The first kappa shape index (κ1) is 87.8. The summed E-state index contributed by atoms with van der Waals surface area (Å²) in [6.45, 7) is 0. The highest BCUT2D eigenvalue weighted by Crippen LogP contribution is 2.47. The van der Waals surface area contributed by atoms with E-state index in [0.29, 0.717) is 5.56 Å². The predicted octanol–water partition coefficient (Wildman–Crippen LogP) is 33.9. The Hall–Kier alpha value is -18.5.